The Labute approximate surface area is 265 Å². The first kappa shape index (κ1) is 34.0. The molecule has 18 heteroatoms. The fourth-order valence-electron chi connectivity index (χ4n) is 4.77. The SMILES string of the molecule is Fc1cc(F)c([B-](c2c(F)cc(F)c(F)c2F)(c2c(F)cc(F)c(F)c2F)c2c(F)cc(F)c(F)c2F)c(F)c1F.[K+]. The van der Waals surface area contributed by atoms with Crippen LogP contribution in [0.1, 0.15) is 0 Å². The van der Waals surface area contributed by atoms with Crippen molar-refractivity contribution in [2.24, 2.45) is 0 Å². The van der Waals surface area contributed by atoms with E-state index in [4.69, 9.17) is 0 Å². The molecule has 42 heavy (non-hydrogen) atoms. The van der Waals surface area contributed by atoms with E-state index >= 15 is 35.1 Å². The topological polar surface area (TPSA) is 0 Å². The Bertz CT molecular complexity index is 1510. The first-order valence-corrected chi connectivity index (χ1v) is 10.5. The molecule has 0 heterocycles. The molecule has 0 fully saturated rings. The maximum atomic E-state index is 15.3. The molecule has 0 aliphatic heterocycles. The first-order chi connectivity index (χ1) is 19.0. The quantitative estimate of drug-likeness (QED) is 0.138. The van der Waals surface area contributed by atoms with Gasteiger partial charge in [-0.05, 0) is 0 Å². The van der Waals surface area contributed by atoms with Crippen molar-refractivity contribution in [1.29, 1.82) is 0 Å². The van der Waals surface area contributed by atoms with Crippen LogP contribution in [0.4, 0.5) is 70.2 Å². The van der Waals surface area contributed by atoms with Gasteiger partial charge in [0.15, 0.2) is 46.5 Å². The van der Waals surface area contributed by atoms with Crippen molar-refractivity contribution in [3.63, 3.8) is 0 Å². The molecule has 0 spiro atoms. The maximum Gasteiger partial charge on any atom is 1.00 e. The minimum Gasteiger partial charge on any atom is -0.210 e. The summed E-state index contributed by atoms with van der Waals surface area (Å²) in [7, 11) is 0. The van der Waals surface area contributed by atoms with E-state index in [9.17, 15) is 35.1 Å². The zero-order valence-corrected chi connectivity index (χ0v) is 23.1. The van der Waals surface area contributed by atoms with Crippen LogP contribution in [0.2, 0.25) is 0 Å². The van der Waals surface area contributed by atoms with E-state index in [2.05, 4.69) is 0 Å². The smallest absolute Gasteiger partial charge is 0.210 e. The molecule has 4 rings (SSSR count). The molecule has 0 unspecified atom stereocenters. The van der Waals surface area contributed by atoms with E-state index in [1.54, 1.807) is 0 Å². The fraction of sp³-hybridized carbons (Fsp3) is 0. The standard InChI is InChI=1S/C24H4BF16.K/c26-5-1-9(30)17(34)21(38)13(5)25(14-6(27)2-10(31)18(35)22(14)39,15-7(28)3-11(32)19(36)23(15)40)16-8(29)4-12(33)20(37)24(16)41;/h1-4H;/q-1;+1. The van der Waals surface area contributed by atoms with Crippen LogP contribution in [-0.2, 0) is 0 Å². The molecular formula is C24H4BF16K. The zero-order chi connectivity index (χ0) is 30.9. The van der Waals surface area contributed by atoms with E-state index < -0.39 is 145 Å². The number of halogens is 16. The van der Waals surface area contributed by atoms with Gasteiger partial charge in [-0.15, -0.1) is 21.9 Å². The summed E-state index contributed by atoms with van der Waals surface area (Å²) in [5, 5.41) is 0. The predicted octanol–water partition coefficient (Wildman–Crippen LogP) is 2.29. The summed E-state index contributed by atoms with van der Waals surface area (Å²) in [5.74, 6) is -45.1. The Balaban J connectivity index is 0.00000484. The van der Waals surface area contributed by atoms with Crippen LogP contribution in [0.5, 0.6) is 0 Å². The van der Waals surface area contributed by atoms with Crippen molar-refractivity contribution in [2.75, 3.05) is 0 Å². The van der Waals surface area contributed by atoms with Crippen molar-refractivity contribution in [1.82, 2.24) is 0 Å². The molecule has 0 N–H and O–H groups in total. The molecule has 0 atom stereocenters. The third-order valence-electron chi connectivity index (χ3n) is 6.33. The van der Waals surface area contributed by atoms with Gasteiger partial charge in [0, 0.05) is 24.3 Å². The molecule has 4 aromatic rings. The second-order valence-electron chi connectivity index (χ2n) is 8.39. The molecular weight excluding hydrogens is 642 g/mol. The third-order valence-corrected chi connectivity index (χ3v) is 6.33. The molecule has 0 radical (unpaired) electrons. The van der Waals surface area contributed by atoms with Crippen LogP contribution in [0, 0.1) is 93.1 Å². The van der Waals surface area contributed by atoms with Gasteiger partial charge < -0.3 is 0 Å². The number of hydrogen-bond acceptors (Lipinski definition) is 0. The van der Waals surface area contributed by atoms with Crippen LogP contribution in [0.25, 0.3) is 0 Å². The van der Waals surface area contributed by atoms with Gasteiger partial charge in [-0.3, -0.25) is 0 Å². The van der Waals surface area contributed by atoms with Gasteiger partial charge >= 0.3 is 51.4 Å². The summed E-state index contributed by atoms with van der Waals surface area (Å²) >= 11 is 0. The van der Waals surface area contributed by atoms with Crippen molar-refractivity contribution in [3.05, 3.63) is 117 Å². The van der Waals surface area contributed by atoms with Crippen LogP contribution >= 0.6 is 0 Å². The molecule has 0 amide bonds. The summed E-state index contributed by atoms with van der Waals surface area (Å²) in [6.07, 6.45) is -6.18. The van der Waals surface area contributed by atoms with Gasteiger partial charge in [-0.1, -0.05) is 0 Å². The average molecular weight is 646 g/mol. The zero-order valence-electron chi connectivity index (χ0n) is 19.9. The molecule has 0 aliphatic carbocycles. The predicted molar refractivity (Wildman–Crippen MR) is 109 cm³/mol. The third kappa shape index (κ3) is 4.84. The van der Waals surface area contributed by atoms with Crippen LogP contribution < -0.4 is 73.2 Å². The molecule has 0 nitrogen and oxygen atoms in total. The van der Waals surface area contributed by atoms with Gasteiger partial charge in [0.05, 0.1) is 23.3 Å². The molecule has 0 aromatic heterocycles. The minimum atomic E-state index is -6.18. The summed E-state index contributed by atoms with van der Waals surface area (Å²) in [4.78, 5) is 0. The summed E-state index contributed by atoms with van der Waals surface area (Å²) < 4.78 is 235. The fourth-order valence-corrected chi connectivity index (χ4v) is 4.77. The Morgan fingerprint density at radius 2 is 0.429 bits per heavy atom. The van der Waals surface area contributed by atoms with Crippen LogP contribution in [0.15, 0.2) is 24.3 Å². The van der Waals surface area contributed by atoms with Gasteiger partial charge in [0.2, 0.25) is 0 Å². The van der Waals surface area contributed by atoms with Crippen LogP contribution in [0.3, 0.4) is 0 Å². The Kier molecular flexibility index (Phi) is 9.59. The van der Waals surface area contributed by atoms with E-state index in [1.807, 2.05) is 0 Å². The Morgan fingerprint density at radius 3 is 0.595 bits per heavy atom. The van der Waals surface area contributed by atoms with E-state index in [-0.39, 0.29) is 51.4 Å². The molecule has 0 saturated heterocycles. The summed E-state index contributed by atoms with van der Waals surface area (Å²) in [6, 6.07) is -2.92. The number of hydrogen-bond donors (Lipinski definition) is 0. The molecule has 216 valence electrons. The normalized spacial score (nSPS) is 11.6. The molecule has 4 aromatic carbocycles. The van der Waals surface area contributed by atoms with E-state index in [1.165, 1.54) is 0 Å². The van der Waals surface area contributed by atoms with E-state index in [0.29, 0.717) is 0 Å². The minimum absolute atomic E-state index is 0. The van der Waals surface area contributed by atoms with Gasteiger partial charge in [-0.25, -0.2) is 70.2 Å². The van der Waals surface area contributed by atoms with Crippen molar-refractivity contribution < 1.29 is 122 Å². The number of rotatable bonds is 4. The first-order valence-electron chi connectivity index (χ1n) is 10.5. The van der Waals surface area contributed by atoms with Crippen LogP contribution in [-0.4, -0.2) is 6.15 Å². The summed E-state index contributed by atoms with van der Waals surface area (Å²) in [6.45, 7) is 0. The monoisotopic (exact) mass is 646 g/mol. The van der Waals surface area contributed by atoms with Crippen molar-refractivity contribution in [3.8, 4) is 0 Å². The molecule has 0 bridgehead atoms. The second kappa shape index (κ2) is 11.9. The van der Waals surface area contributed by atoms with Gasteiger partial charge in [0.1, 0.15) is 29.4 Å². The average Bonchev–Trinajstić information content (AvgIpc) is 2.87. The molecule has 0 saturated carbocycles. The van der Waals surface area contributed by atoms with Crippen molar-refractivity contribution >= 4 is 28.0 Å². The van der Waals surface area contributed by atoms with Gasteiger partial charge in [-0.2, -0.15) is 0 Å². The second-order valence-corrected chi connectivity index (χ2v) is 8.39. The van der Waals surface area contributed by atoms with Gasteiger partial charge in [0.25, 0.3) is 0 Å². The Morgan fingerprint density at radius 1 is 0.262 bits per heavy atom. The van der Waals surface area contributed by atoms with Crippen molar-refractivity contribution in [2.45, 2.75) is 0 Å². The number of benzene rings is 4. The van der Waals surface area contributed by atoms with E-state index in [0.717, 1.165) is 0 Å². The Hall–Kier alpha value is -2.54. The maximum absolute atomic E-state index is 15.3. The largest absolute Gasteiger partial charge is 1.00 e. The summed E-state index contributed by atoms with van der Waals surface area (Å²) in [5.41, 5.74) is -10.9. The molecule has 0 aliphatic rings.